The Bertz CT molecular complexity index is 862. The number of aromatic nitrogens is 1. The fourth-order valence-corrected chi connectivity index (χ4v) is 3.14. The number of halogens is 2. The Hall–Kier alpha value is -2.20. The smallest absolute Gasteiger partial charge is 0.268 e. The van der Waals surface area contributed by atoms with Crippen molar-refractivity contribution >= 4 is 11.6 Å². The Morgan fingerprint density at radius 3 is 3.04 bits per heavy atom. The van der Waals surface area contributed by atoms with Gasteiger partial charge in [0.15, 0.2) is 0 Å². The SMILES string of the molecule is N#Cc1cccn(CC2CNCCOC2c2ccc(Cl)c(F)c2)c1=O. The highest BCUT2D eigenvalue weighted by Crippen LogP contribution is 2.30. The van der Waals surface area contributed by atoms with Crippen LogP contribution in [-0.2, 0) is 11.3 Å². The summed E-state index contributed by atoms with van der Waals surface area (Å²) >= 11 is 5.77. The van der Waals surface area contributed by atoms with Crippen LogP contribution in [0.15, 0.2) is 41.3 Å². The second-order valence-electron chi connectivity index (χ2n) is 5.92. The van der Waals surface area contributed by atoms with E-state index in [0.29, 0.717) is 31.8 Å². The van der Waals surface area contributed by atoms with Crippen molar-refractivity contribution in [3.05, 3.63) is 68.8 Å². The molecule has 0 spiro atoms. The minimum absolute atomic E-state index is 0.0602. The average molecular weight is 362 g/mol. The predicted molar refractivity (Wildman–Crippen MR) is 91.9 cm³/mol. The van der Waals surface area contributed by atoms with Crippen LogP contribution < -0.4 is 10.9 Å². The lowest BCUT2D eigenvalue weighted by Gasteiger charge is -2.26. The zero-order chi connectivity index (χ0) is 17.8. The second kappa shape index (κ2) is 7.79. The largest absolute Gasteiger partial charge is 0.372 e. The molecule has 2 atom stereocenters. The Kier molecular flexibility index (Phi) is 5.49. The number of hydrogen-bond acceptors (Lipinski definition) is 4. The summed E-state index contributed by atoms with van der Waals surface area (Å²) in [6.45, 7) is 2.13. The van der Waals surface area contributed by atoms with E-state index in [2.05, 4.69) is 5.32 Å². The molecule has 1 aromatic carbocycles. The topological polar surface area (TPSA) is 67.1 Å². The van der Waals surface area contributed by atoms with Crippen molar-refractivity contribution in [1.29, 1.82) is 5.26 Å². The molecule has 0 aliphatic carbocycles. The molecule has 0 saturated carbocycles. The van der Waals surface area contributed by atoms with Gasteiger partial charge in [-0.3, -0.25) is 4.79 Å². The Morgan fingerprint density at radius 1 is 1.44 bits per heavy atom. The summed E-state index contributed by atoms with van der Waals surface area (Å²) in [5.41, 5.74) is 0.439. The highest BCUT2D eigenvalue weighted by molar-refractivity contribution is 6.30. The lowest BCUT2D eigenvalue weighted by Crippen LogP contribution is -2.32. The first-order chi connectivity index (χ1) is 12.1. The van der Waals surface area contributed by atoms with Crippen LogP contribution in [0.1, 0.15) is 17.2 Å². The fraction of sp³-hybridized carbons (Fsp3) is 0.333. The van der Waals surface area contributed by atoms with Crippen molar-refractivity contribution in [3.63, 3.8) is 0 Å². The van der Waals surface area contributed by atoms with E-state index in [1.54, 1.807) is 18.3 Å². The van der Waals surface area contributed by atoms with Gasteiger partial charge in [-0.25, -0.2) is 4.39 Å². The summed E-state index contributed by atoms with van der Waals surface area (Å²) in [5.74, 6) is -0.600. The molecule has 1 fully saturated rings. The molecular weight excluding hydrogens is 345 g/mol. The fourth-order valence-electron chi connectivity index (χ4n) is 3.03. The molecule has 0 radical (unpaired) electrons. The highest BCUT2D eigenvalue weighted by atomic mass is 35.5. The number of nitriles is 1. The van der Waals surface area contributed by atoms with Gasteiger partial charge in [0, 0.05) is 31.7 Å². The first-order valence-electron chi connectivity index (χ1n) is 7.97. The monoisotopic (exact) mass is 361 g/mol. The number of pyridine rings is 1. The number of benzene rings is 1. The van der Waals surface area contributed by atoms with Gasteiger partial charge in [-0.1, -0.05) is 17.7 Å². The zero-order valence-electron chi connectivity index (χ0n) is 13.4. The molecule has 2 heterocycles. The van der Waals surface area contributed by atoms with Crippen LogP contribution in [0.2, 0.25) is 5.02 Å². The molecule has 7 heteroatoms. The molecule has 5 nitrogen and oxygen atoms in total. The van der Waals surface area contributed by atoms with E-state index in [1.165, 1.54) is 22.8 Å². The quantitative estimate of drug-likeness (QED) is 0.912. The van der Waals surface area contributed by atoms with Crippen LogP contribution in [0.4, 0.5) is 4.39 Å². The summed E-state index contributed by atoms with van der Waals surface area (Å²) in [5, 5.41) is 12.4. The molecule has 1 N–H and O–H groups in total. The maximum absolute atomic E-state index is 13.9. The number of ether oxygens (including phenoxy) is 1. The van der Waals surface area contributed by atoms with Crippen LogP contribution in [0.3, 0.4) is 0 Å². The summed E-state index contributed by atoms with van der Waals surface area (Å²) < 4.78 is 21.3. The second-order valence-corrected chi connectivity index (χ2v) is 6.33. The predicted octanol–water partition coefficient (Wildman–Crippen LogP) is 2.49. The van der Waals surface area contributed by atoms with Crippen LogP contribution >= 0.6 is 11.6 Å². The van der Waals surface area contributed by atoms with Crippen LogP contribution in [0.25, 0.3) is 0 Å². The molecule has 2 unspecified atom stereocenters. The minimum atomic E-state index is -0.498. The first-order valence-corrected chi connectivity index (χ1v) is 8.35. The third-order valence-electron chi connectivity index (χ3n) is 4.25. The Morgan fingerprint density at radius 2 is 2.28 bits per heavy atom. The third-order valence-corrected chi connectivity index (χ3v) is 4.56. The van der Waals surface area contributed by atoms with E-state index < -0.39 is 5.82 Å². The van der Waals surface area contributed by atoms with Gasteiger partial charge >= 0.3 is 0 Å². The maximum atomic E-state index is 13.9. The van der Waals surface area contributed by atoms with Crippen LogP contribution in [0.5, 0.6) is 0 Å². The van der Waals surface area contributed by atoms with E-state index in [1.807, 2.05) is 6.07 Å². The molecule has 0 bridgehead atoms. The van der Waals surface area contributed by atoms with E-state index in [4.69, 9.17) is 21.6 Å². The minimum Gasteiger partial charge on any atom is -0.372 e. The van der Waals surface area contributed by atoms with Crippen LogP contribution in [0, 0.1) is 23.1 Å². The first kappa shape index (κ1) is 17.6. The molecule has 1 aromatic heterocycles. The molecule has 1 aliphatic rings. The van der Waals surface area contributed by atoms with Gasteiger partial charge in [-0.05, 0) is 29.8 Å². The normalized spacial score (nSPS) is 20.7. The molecule has 0 amide bonds. The lowest BCUT2D eigenvalue weighted by molar-refractivity contribution is 0.0249. The van der Waals surface area contributed by atoms with Crippen molar-refractivity contribution in [3.8, 4) is 6.07 Å². The number of hydrogen-bond donors (Lipinski definition) is 1. The van der Waals surface area contributed by atoms with Crippen molar-refractivity contribution in [2.24, 2.45) is 5.92 Å². The highest BCUT2D eigenvalue weighted by Gasteiger charge is 2.27. The standard InChI is InChI=1S/C18H17ClFN3O2/c19-15-4-3-12(8-16(15)20)17-14(10-22-5-7-25-17)11-23-6-1-2-13(9-21)18(23)24/h1-4,6,8,14,17,22H,5,7,10-11H2. The number of nitrogens with zero attached hydrogens (tertiary/aromatic N) is 2. The van der Waals surface area contributed by atoms with Crippen molar-refractivity contribution in [2.75, 3.05) is 19.7 Å². The Labute approximate surface area is 149 Å². The van der Waals surface area contributed by atoms with Gasteiger partial charge in [0.1, 0.15) is 17.4 Å². The molecule has 3 rings (SSSR count). The van der Waals surface area contributed by atoms with Crippen molar-refractivity contribution in [2.45, 2.75) is 12.6 Å². The van der Waals surface area contributed by atoms with Gasteiger partial charge < -0.3 is 14.6 Å². The Balaban J connectivity index is 1.92. The summed E-state index contributed by atoms with van der Waals surface area (Å²) in [7, 11) is 0. The van der Waals surface area contributed by atoms with E-state index in [9.17, 15) is 9.18 Å². The summed E-state index contributed by atoms with van der Waals surface area (Å²) in [4.78, 5) is 12.3. The maximum Gasteiger partial charge on any atom is 0.268 e. The van der Waals surface area contributed by atoms with E-state index in [0.717, 1.165) is 0 Å². The number of rotatable bonds is 3. The van der Waals surface area contributed by atoms with Gasteiger partial charge in [0.2, 0.25) is 0 Å². The molecule has 2 aromatic rings. The van der Waals surface area contributed by atoms with E-state index >= 15 is 0 Å². The molecule has 25 heavy (non-hydrogen) atoms. The zero-order valence-corrected chi connectivity index (χ0v) is 14.2. The third kappa shape index (κ3) is 3.90. The van der Waals surface area contributed by atoms with Crippen LogP contribution in [-0.4, -0.2) is 24.3 Å². The lowest BCUT2D eigenvalue weighted by atomic mass is 9.95. The average Bonchev–Trinajstić information content (AvgIpc) is 2.85. The molecule has 130 valence electrons. The van der Waals surface area contributed by atoms with Gasteiger partial charge in [0.05, 0.1) is 17.7 Å². The van der Waals surface area contributed by atoms with Gasteiger partial charge in [0.25, 0.3) is 5.56 Å². The van der Waals surface area contributed by atoms with Crippen molar-refractivity contribution in [1.82, 2.24) is 9.88 Å². The number of nitrogens with one attached hydrogen (secondary N) is 1. The summed E-state index contributed by atoms with van der Waals surface area (Å²) in [6, 6.07) is 9.68. The van der Waals surface area contributed by atoms with E-state index in [-0.39, 0.29) is 28.2 Å². The molecule has 1 saturated heterocycles. The molecular formula is C18H17ClFN3O2. The summed E-state index contributed by atoms with van der Waals surface area (Å²) in [6.07, 6.45) is 1.27. The van der Waals surface area contributed by atoms with Gasteiger partial charge in [-0.15, -0.1) is 0 Å². The molecule has 1 aliphatic heterocycles. The van der Waals surface area contributed by atoms with Gasteiger partial charge in [-0.2, -0.15) is 5.26 Å². The van der Waals surface area contributed by atoms with Crippen molar-refractivity contribution < 1.29 is 9.13 Å².